The smallest absolute Gasteiger partial charge is 0.303 e. The van der Waals surface area contributed by atoms with Crippen molar-refractivity contribution < 1.29 is 14.6 Å². The highest BCUT2D eigenvalue weighted by Crippen LogP contribution is 2.23. The van der Waals surface area contributed by atoms with E-state index >= 15 is 0 Å². The van der Waals surface area contributed by atoms with E-state index in [0.29, 0.717) is 6.42 Å². The molecular formula is C16H21NO3. The first-order valence-corrected chi connectivity index (χ1v) is 7.00. The number of rotatable bonds is 8. The summed E-state index contributed by atoms with van der Waals surface area (Å²) in [5, 5.41) is 10.0. The van der Waals surface area contributed by atoms with Gasteiger partial charge in [-0.15, -0.1) is 0 Å². The zero-order valence-corrected chi connectivity index (χ0v) is 11.8. The summed E-state index contributed by atoms with van der Waals surface area (Å²) in [6.45, 7) is 1.72. The van der Waals surface area contributed by atoms with Crippen molar-refractivity contribution in [2.75, 3.05) is 13.7 Å². The number of aromatic nitrogens is 1. The van der Waals surface area contributed by atoms with Crippen LogP contribution in [-0.4, -0.2) is 29.4 Å². The van der Waals surface area contributed by atoms with Crippen molar-refractivity contribution in [2.45, 2.75) is 32.2 Å². The van der Waals surface area contributed by atoms with Crippen molar-refractivity contribution >= 4 is 16.9 Å². The highest BCUT2D eigenvalue weighted by atomic mass is 16.5. The first-order chi connectivity index (χ1) is 9.72. The minimum atomic E-state index is -0.748. The summed E-state index contributed by atoms with van der Waals surface area (Å²) in [5.41, 5.74) is 2.31. The van der Waals surface area contributed by atoms with E-state index in [1.54, 1.807) is 7.11 Å². The number of fused-ring (bicyclic) bond motifs is 1. The third-order valence-corrected chi connectivity index (χ3v) is 3.48. The number of aliphatic carboxylic acids is 1. The van der Waals surface area contributed by atoms with Gasteiger partial charge in [0.05, 0.1) is 0 Å². The second kappa shape index (κ2) is 7.10. The number of carboxylic acid groups (broad SMARTS) is 1. The number of ether oxygens (including phenoxy) is 1. The number of methoxy groups -OCH3 is 1. The van der Waals surface area contributed by atoms with Crippen LogP contribution in [0.1, 0.15) is 24.8 Å². The van der Waals surface area contributed by atoms with Gasteiger partial charge >= 0.3 is 5.97 Å². The molecule has 0 bridgehead atoms. The molecule has 1 aromatic heterocycles. The van der Waals surface area contributed by atoms with E-state index in [9.17, 15) is 4.79 Å². The fourth-order valence-corrected chi connectivity index (χ4v) is 2.48. The summed E-state index contributed by atoms with van der Waals surface area (Å²) in [7, 11) is 1.72. The number of benzene rings is 1. The van der Waals surface area contributed by atoms with Crippen LogP contribution in [0, 0.1) is 0 Å². The Morgan fingerprint density at radius 1 is 1.30 bits per heavy atom. The van der Waals surface area contributed by atoms with Crippen LogP contribution in [0.3, 0.4) is 0 Å². The molecule has 20 heavy (non-hydrogen) atoms. The highest BCUT2D eigenvalue weighted by Gasteiger charge is 2.09. The van der Waals surface area contributed by atoms with Crippen molar-refractivity contribution in [2.24, 2.45) is 0 Å². The standard InChI is InChI=1S/C16H21NO3/c1-20-11-5-4-10-17-12-13(8-9-16(18)19)14-6-2-3-7-15(14)17/h2-3,6-7,12H,4-5,8-11H2,1H3,(H,18,19). The lowest BCUT2D eigenvalue weighted by atomic mass is 10.1. The molecule has 0 saturated carbocycles. The van der Waals surface area contributed by atoms with E-state index in [1.807, 2.05) is 12.1 Å². The fraction of sp³-hybridized carbons (Fsp3) is 0.438. The number of aryl methyl sites for hydroxylation is 2. The van der Waals surface area contributed by atoms with Gasteiger partial charge in [0.15, 0.2) is 0 Å². The zero-order valence-electron chi connectivity index (χ0n) is 11.8. The van der Waals surface area contributed by atoms with E-state index < -0.39 is 5.97 Å². The van der Waals surface area contributed by atoms with Crippen molar-refractivity contribution in [3.63, 3.8) is 0 Å². The van der Waals surface area contributed by atoms with Gasteiger partial charge in [0.2, 0.25) is 0 Å². The largest absolute Gasteiger partial charge is 0.481 e. The Hall–Kier alpha value is -1.81. The first-order valence-electron chi connectivity index (χ1n) is 7.00. The van der Waals surface area contributed by atoms with Crippen LogP contribution >= 0.6 is 0 Å². The molecular weight excluding hydrogens is 254 g/mol. The molecule has 0 amide bonds. The molecule has 0 aliphatic heterocycles. The predicted molar refractivity (Wildman–Crippen MR) is 79.0 cm³/mol. The van der Waals surface area contributed by atoms with E-state index in [1.165, 1.54) is 10.9 Å². The number of carbonyl (C=O) groups is 1. The third-order valence-electron chi connectivity index (χ3n) is 3.48. The molecule has 0 radical (unpaired) electrons. The summed E-state index contributed by atoms with van der Waals surface area (Å²) in [5.74, 6) is -0.748. The molecule has 0 fully saturated rings. The van der Waals surface area contributed by atoms with E-state index in [2.05, 4.69) is 22.9 Å². The fourth-order valence-electron chi connectivity index (χ4n) is 2.48. The minimum Gasteiger partial charge on any atom is -0.481 e. The molecule has 0 aliphatic rings. The number of hydrogen-bond acceptors (Lipinski definition) is 2. The minimum absolute atomic E-state index is 0.178. The van der Waals surface area contributed by atoms with Crippen LogP contribution in [0.15, 0.2) is 30.5 Å². The maximum Gasteiger partial charge on any atom is 0.303 e. The molecule has 0 spiro atoms. The van der Waals surface area contributed by atoms with E-state index in [0.717, 1.165) is 31.6 Å². The maximum atomic E-state index is 10.7. The highest BCUT2D eigenvalue weighted by molar-refractivity contribution is 5.84. The Kier molecular flexibility index (Phi) is 5.18. The molecule has 0 saturated heterocycles. The first kappa shape index (κ1) is 14.6. The van der Waals surface area contributed by atoms with Crippen LogP contribution in [0.4, 0.5) is 0 Å². The number of unbranched alkanes of at least 4 members (excludes halogenated alkanes) is 1. The Morgan fingerprint density at radius 3 is 2.85 bits per heavy atom. The molecule has 2 rings (SSSR count). The average Bonchev–Trinajstić information content (AvgIpc) is 2.80. The maximum absolute atomic E-state index is 10.7. The molecule has 2 aromatic rings. The molecule has 108 valence electrons. The average molecular weight is 275 g/mol. The van der Waals surface area contributed by atoms with Gasteiger partial charge in [-0.05, 0) is 30.9 Å². The third kappa shape index (κ3) is 3.61. The monoisotopic (exact) mass is 275 g/mol. The van der Waals surface area contributed by atoms with E-state index in [-0.39, 0.29) is 6.42 Å². The second-order valence-electron chi connectivity index (χ2n) is 4.96. The summed E-state index contributed by atoms with van der Waals surface area (Å²) >= 11 is 0. The van der Waals surface area contributed by atoms with Gasteiger partial charge in [-0.2, -0.15) is 0 Å². The van der Waals surface area contributed by atoms with Gasteiger partial charge in [0.25, 0.3) is 0 Å². The molecule has 1 N–H and O–H groups in total. The lowest BCUT2D eigenvalue weighted by molar-refractivity contribution is -0.136. The van der Waals surface area contributed by atoms with Gasteiger partial charge in [-0.3, -0.25) is 4.79 Å². The molecule has 1 aromatic carbocycles. The summed E-state index contributed by atoms with van der Waals surface area (Å²) in [6.07, 6.45) is 4.96. The molecule has 1 heterocycles. The summed E-state index contributed by atoms with van der Waals surface area (Å²) < 4.78 is 7.29. The summed E-state index contributed by atoms with van der Waals surface area (Å²) in [6, 6.07) is 8.19. The molecule has 4 nitrogen and oxygen atoms in total. The number of nitrogens with zero attached hydrogens (tertiary/aromatic N) is 1. The summed E-state index contributed by atoms with van der Waals surface area (Å²) in [4.78, 5) is 10.7. The Bertz CT molecular complexity index is 574. The van der Waals surface area contributed by atoms with E-state index in [4.69, 9.17) is 9.84 Å². The van der Waals surface area contributed by atoms with Crippen molar-refractivity contribution in [3.8, 4) is 0 Å². The topological polar surface area (TPSA) is 51.5 Å². The predicted octanol–water partition coefficient (Wildman–Crippen LogP) is 3.09. The Balaban J connectivity index is 2.15. The number of hydrogen-bond donors (Lipinski definition) is 1. The SMILES string of the molecule is COCCCCn1cc(CCC(=O)O)c2ccccc21. The second-order valence-corrected chi connectivity index (χ2v) is 4.96. The van der Waals surface area contributed by atoms with Crippen LogP contribution < -0.4 is 0 Å². The molecule has 4 heteroatoms. The van der Waals surface area contributed by atoms with Crippen LogP contribution in [0.5, 0.6) is 0 Å². The van der Waals surface area contributed by atoms with Crippen molar-refractivity contribution in [1.29, 1.82) is 0 Å². The van der Waals surface area contributed by atoms with Crippen LogP contribution in [0.2, 0.25) is 0 Å². The normalized spacial score (nSPS) is 11.1. The number of carboxylic acids is 1. The molecule has 0 aliphatic carbocycles. The zero-order chi connectivity index (χ0) is 14.4. The lowest BCUT2D eigenvalue weighted by Gasteiger charge is -2.04. The lowest BCUT2D eigenvalue weighted by Crippen LogP contribution is -1.99. The van der Waals surface area contributed by atoms with Crippen LogP contribution in [-0.2, 0) is 22.5 Å². The van der Waals surface area contributed by atoms with Crippen molar-refractivity contribution in [3.05, 3.63) is 36.0 Å². The molecule has 0 atom stereocenters. The van der Waals surface area contributed by atoms with Gasteiger partial charge in [0.1, 0.15) is 0 Å². The van der Waals surface area contributed by atoms with Gasteiger partial charge in [0, 0.05) is 43.8 Å². The Labute approximate surface area is 119 Å². The van der Waals surface area contributed by atoms with Gasteiger partial charge in [-0.25, -0.2) is 0 Å². The van der Waals surface area contributed by atoms with Crippen molar-refractivity contribution in [1.82, 2.24) is 4.57 Å². The molecule has 0 unspecified atom stereocenters. The van der Waals surface area contributed by atoms with Crippen LogP contribution in [0.25, 0.3) is 10.9 Å². The van der Waals surface area contributed by atoms with Gasteiger partial charge < -0.3 is 14.4 Å². The Morgan fingerprint density at radius 2 is 2.10 bits per heavy atom. The van der Waals surface area contributed by atoms with Gasteiger partial charge in [-0.1, -0.05) is 18.2 Å². The quantitative estimate of drug-likeness (QED) is 0.753. The number of para-hydroxylation sites is 1.